The van der Waals surface area contributed by atoms with Crippen molar-refractivity contribution in [2.75, 3.05) is 14.1 Å². The molecule has 0 fully saturated rings. The van der Waals surface area contributed by atoms with Gasteiger partial charge in [-0.3, -0.25) is 9.59 Å². The van der Waals surface area contributed by atoms with Crippen LogP contribution < -0.4 is 5.56 Å². The van der Waals surface area contributed by atoms with Gasteiger partial charge in [-0.05, 0) is 35.2 Å². The van der Waals surface area contributed by atoms with Crippen LogP contribution in [0.5, 0.6) is 0 Å². The van der Waals surface area contributed by atoms with E-state index in [0.29, 0.717) is 12.0 Å². The first kappa shape index (κ1) is 16.0. The molecule has 0 unspecified atom stereocenters. The van der Waals surface area contributed by atoms with Gasteiger partial charge in [0.2, 0.25) is 0 Å². The molecular formula is C20H20N2O2. The third kappa shape index (κ3) is 2.95. The summed E-state index contributed by atoms with van der Waals surface area (Å²) in [4.78, 5) is 26.3. The van der Waals surface area contributed by atoms with Crippen LogP contribution in [0.4, 0.5) is 0 Å². The molecule has 0 aliphatic carbocycles. The number of hydrogen-bond donors (Lipinski definition) is 0. The number of aryl methyl sites for hydroxylation is 1. The van der Waals surface area contributed by atoms with E-state index >= 15 is 0 Å². The Hall–Kier alpha value is -2.88. The maximum Gasteiger partial charge on any atom is 0.254 e. The number of benzene rings is 2. The van der Waals surface area contributed by atoms with Crippen LogP contribution in [-0.4, -0.2) is 29.5 Å². The smallest absolute Gasteiger partial charge is 0.254 e. The lowest BCUT2D eigenvalue weighted by atomic mass is 10.0. The summed E-state index contributed by atoms with van der Waals surface area (Å²) >= 11 is 0. The van der Waals surface area contributed by atoms with E-state index in [1.54, 1.807) is 36.7 Å². The summed E-state index contributed by atoms with van der Waals surface area (Å²) in [6, 6.07) is 17.2. The van der Waals surface area contributed by atoms with E-state index in [-0.39, 0.29) is 11.5 Å². The molecule has 1 aromatic heterocycles. The Balaban J connectivity index is 2.02. The standard InChI is InChI=1S/C20H20N2O2/c1-21(2)19(23)16-9-6-7-14(11-16)12-17-13-15-8-4-5-10-18(15)22(3)20(17)24/h4-11,13H,12H2,1-3H3. The first-order chi connectivity index (χ1) is 11.5. The van der Waals surface area contributed by atoms with Crippen molar-refractivity contribution in [3.05, 3.63) is 81.6 Å². The molecule has 0 radical (unpaired) electrons. The van der Waals surface area contributed by atoms with Crippen molar-refractivity contribution in [2.24, 2.45) is 7.05 Å². The minimum atomic E-state index is -0.0386. The highest BCUT2D eigenvalue weighted by molar-refractivity contribution is 5.94. The lowest BCUT2D eigenvalue weighted by Crippen LogP contribution is -2.22. The number of hydrogen-bond acceptors (Lipinski definition) is 2. The van der Waals surface area contributed by atoms with Crippen molar-refractivity contribution >= 4 is 16.8 Å². The zero-order chi connectivity index (χ0) is 17.3. The van der Waals surface area contributed by atoms with Gasteiger partial charge in [-0.25, -0.2) is 0 Å². The van der Waals surface area contributed by atoms with E-state index in [2.05, 4.69) is 0 Å². The van der Waals surface area contributed by atoms with E-state index < -0.39 is 0 Å². The highest BCUT2D eigenvalue weighted by atomic mass is 16.2. The fraction of sp³-hybridized carbons (Fsp3) is 0.200. The predicted octanol–water partition coefficient (Wildman–Crippen LogP) is 2.83. The summed E-state index contributed by atoms with van der Waals surface area (Å²) in [5.41, 5.74) is 3.23. The number of nitrogens with zero attached hydrogens (tertiary/aromatic N) is 2. The number of para-hydroxylation sites is 1. The molecule has 1 amide bonds. The molecule has 4 nitrogen and oxygen atoms in total. The van der Waals surface area contributed by atoms with Crippen molar-refractivity contribution in [1.29, 1.82) is 0 Å². The highest BCUT2D eigenvalue weighted by Crippen LogP contribution is 2.16. The average molecular weight is 320 g/mol. The van der Waals surface area contributed by atoms with E-state index in [0.717, 1.165) is 22.0 Å². The number of carbonyl (C=O) groups is 1. The van der Waals surface area contributed by atoms with Gasteiger partial charge in [-0.15, -0.1) is 0 Å². The van der Waals surface area contributed by atoms with Gasteiger partial charge in [0.1, 0.15) is 0 Å². The van der Waals surface area contributed by atoms with E-state index in [4.69, 9.17) is 0 Å². The first-order valence-corrected chi connectivity index (χ1v) is 7.85. The fourth-order valence-corrected chi connectivity index (χ4v) is 2.91. The van der Waals surface area contributed by atoms with Crippen LogP contribution >= 0.6 is 0 Å². The van der Waals surface area contributed by atoms with Gasteiger partial charge in [0.15, 0.2) is 0 Å². The molecule has 2 aromatic carbocycles. The van der Waals surface area contributed by atoms with Gasteiger partial charge < -0.3 is 9.47 Å². The van der Waals surface area contributed by atoms with Gasteiger partial charge in [0.05, 0.1) is 5.52 Å². The average Bonchev–Trinajstić information content (AvgIpc) is 2.59. The van der Waals surface area contributed by atoms with Gasteiger partial charge in [-0.2, -0.15) is 0 Å². The number of rotatable bonds is 3. The summed E-state index contributed by atoms with van der Waals surface area (Å²) in [6.07, 6.45) is 0.506. The van der Waals surface area contributed by atoms with Crippen LogP contribution in [0.3, 0.4) is 0 Å². The maximum absolute atomic E-state index is 12.6. The molecule has 122 valence electrons. The molecule has 0 spiro atoms. The number of pyridine rings is 1. The summed E-state index contributed by atoms with van der Waals surface area (Å²) < 4.78 is 1.68. The monoisotopic (exact) mass is 320 g/mol. The third-order valence-electron chi connectivity index (χ3n) is 4.18. The molecular weight excluding hydrogens is 300 g/mol. The summed E-state index contributed by atoms with van der Waals surface area (Å²) in [7, 11) is 5.25. The summed E-state index contributed by atoms with van der Waals surface area (Å²) in [5, 5.41) is 1.04. The van der Waals surface area contributed by atoms with Crippen LogP contribution in [-0.2, 0) is 13.5 Å². The number of fused-ring (bicyclic) bond motifs is 1. The number of amides is 1. The Morgan fingerprint density at radius 1 is 1.04 bits per heavy atom. The first-order valence-electron chi connectivity index (χ1n) is 7.85. The summed E-state index contributed by atoms with van der Waals surface area (Å²) in [6.45, 7) is 0. The predicted molar refractivity (Wildman–Crippen MR) is 96.5 cm³/mol. The van der Waals surface area contributed by atoms with Gasteiger partial charge >= 0.3 is 0 Å². The Bertz CT molecular complexity index is 971. The second-order valence-electron chi connectivity index (χ2n) is 6.17. The van der Waals surface area contributed by atoms with Crippen molar-refractivity contribution in [3.63, 3.8) is 0 Å². The molecule has 4 heteroatoms. The van der Waals surface area contributed by atoms with Crippen LogP contribution in [0.15, 0.2) is 59.4 Å². The van der Waals surface area contributed by atoms with Crippen LogP contribution in [0.25, 0.3) is 10.9 Å². The fourth-order valence-electron chi connectivity index (χ4n) is 2.91. The van der Waals surface area contributed by atoms with Crippen molar-refractivity contribution in [3.8, 4) is 0 Å². The molecule has 0 aliphatic heterocycles. The Labute approximate surface area is 141 Å². The molecule has 0 saturated carbocycles. The lowest BCUT2D eigenvalue weighted by Gasteiger charge is -2.12. The molecule has 3 aromatic rings. The van der Waals surface area contributed by atoms with Gasteiger partial charge in [0, 0.05) is 38.7 Å². The van der Waals surface area contributed by atoms with E-state index in [9.17, 15) is 9.59 Å². The normalized spacial score (nSPS) is 10.8. The number of carbonyl (C=O) groups excluding carboxylic acids is 1. The third-order valence-corrected chi connectivity index (χ3v) is 4.18. The Kier molecular flexibility index (Phi) is 4.21. The van der Waals surface area contributed by atoms with Crippen LogP contribution in [0, 0.1) is 0 Å². The van der Waals surface area contributed by atoms with Gasteiger partial charge in [0.25, 0.3) is 11.5 Å². The zero-order valence-electron chi connectivity index (χ0n) is 14.1. The molecule has 0 bridgehead atoms. The largest absolute Gasteiger partial charge is 0.345 e. The minimum Gasteiger partial charge on any atom is -0.345 e. The quantitative estimate of drug-likeness (QED) is 0.745. The van der Waals surface area contributed by atoms with E-state index in [1.807, 2.05) is 48.5 Å². The molecule has 1 heterocycles. The molecule has 24 heavy (non-hydrogen) atoms. The number of aromatic nitrogens is 1. The lowest BCUT2D eigenvalue weighted by molar-refractivity contribution is 0.0827. The van der Waals surface area contributed by atoms with Crippen molar-refractivity contribution in [2.45, 2.75) is 6.42 Å². The van der Waals surface area contributed by atoms with Crippen molar-refractivity contribution in [1.82, 2.24) is 9.47 Å². The Morgan fingerprint density at radius 2 is 1.79 bits per heavy atom. The SMILES string of the molecule is CN(C)C(=O)c1cccc(Cc2cc3ccccc3n(C)c2=O)c1. The highest BCUT2D eigenvalue weighted by Gasteiger charge is 2.11. The van der Waals surface area contributed by atoms with Crippen molar-refractivity contribution < 1.29 is 4.79 Å². The zero-order valence-corrected chi connectivity index (χ0v) is 14.1. The minimum absolute atomic E-state index is 0.00182. The molecule has 0 N–H and O–H groups in total. The maximum atomic E-state index is 12.6. The van der Waals surface area contributed by atoms with Gasteiger partial charge in [-0.1, -0.05) is 30.3 Å². The second-order valence-corrected chi connectivity index (χ2v) is 6.17. The molecule has 0 aliphatic rings. The molecule has 0 atom stereocenters. The van der Waals surface area contributed by atoms with Crippen LogP contribution in [0.2, 0.25) is 0 Å². The summed E-state index contributed by atoms with van der Waals surface area (Å²) in [5.74, 6) is -0.0386. The van der Waals surface area contributed by atoms with E-state index in [1.165, 1.54) is 0 Å². The van der Waals surface area contributed by atoms with Crippen LogP contribution in [0.1, 0.15) is 21.5 Å². The molecule has 3 rings (SSSR count). The Morgan fingerprint density at radius 3 is 2.54 bits per heavy atom. The second kappa shape index (κ2) is 6.32. The molecule has 0 saturated heterocycles. The topological polar surface area (TPSA) is 42.3 Å².